The summed E-state index contributed by atoms with van der Waals surface area (Å²) in [6, 6.07) is 9.73. The summed E-state index contributed by atoms with van der Waals surface area (Å²) < 4.78 is 0. The maximum atomic E-state index is 3.49. The van der Waals surface area contributed by atoms with Crippen LogP contribution in [0.1, 0.15) is 71.0 Å². The average molecular weight is 261 g/mol. The third-order valence-electron chi connectivity index (χ3n) is 4.77. The van der Waals surface area contributed by atoms with Crippen LogP contribution in [-0.2, 0) is 5.41 Å². The topological polar surface area (TPSA) is 12.0 Å². The first-order valence-corrected chi connectivity index (χ1v) is 7.77. The number of benzene rings is 1. The summed E-state index contributed by atoms with van der Waals surface area (Å²) in [5.41, 5.74) is 3.15. The lowest BCUT2D eigenvalue weighted by Crippen LogP contribution is -2.25. The molecule has 0 bridgehead atoms. The van der Waals surface area contributed by atoms with Crippen LogP contribution in [0.4, 0.5) is 0 Å². The van der Waals surface area contributed by atoms with Gasteiger partial charge in [0, 0.05) is 6.04 Å². The summed E-state index contributed by atoms with van der Waals surface area (Å²) >= 11 is 0. The molecule has 1 unspecified atom stereocenters. The second kappa shape index (κ2) is 7.09. The van der Waals surface area contributed by atoms with Crippen LogP contribution in [0.5, 0.6) is 0 Å². The Kier molecular flexibility index (Phi) is 6.06. The van der Waals surface area contributed by atoms with Crippen molar-refractivity contribution in [2.45, 2.75) is 65.3 Å². The zero-order valence-corrected chi connectivity index (χ0v) is 13.6. The van der Waals surface area contributed by atoms with Crippen LogP contribution in [0, 0.1) is 5.92 Å². The van der Waals surface area contributed by atoms with Crippen molar-refractivity contribution in [1.82, 2.24) is 5.32 Å². The molecule has 1 N–H and O–H groups in total. The van der Waals surface area contributed by atoms with Crippen molar-refractivity contribution in [2.24, 2.45) is 5.92 Å². The summed E-state index contributed by atoms with van der Waals surface area (Å²) in [6.45, 7) is 11.5. The molecule has 1 heteroatoms. The van der Waals surface area contributed by atoms with Gasteiger partial charge in [0.15, 0.2) is 0 Å². The smallest absolute Gasteiger partial charge is 0.0345 e. The molecule has 0 aliphatic rings. The Morgan fingerprint density at radius 2 is 1.53 bits per heavy atom. The molecule has 0 radical (unpaired) electrons. The SMILES string of the molecule is CCC(CC)C(NC)c1ccc(C(C)(C)CC)cc1. The van der Waals surface area contributed by atoms with E-state index in [2.05, 4.69) is 71.2 Å². The largest absolute Gasteiger partial charge is 0.313 e. The minimum atomic E-state index is 0.280. The second-order valence-corrected chi connectivity index (χ2v) is 6.20. The summed E-state index contributed by atoms with van der Waals surface area (Å²) in [6.07, 6.45) is 3.63. The van der Waals surface area contributed by atoms with Crippen LogP contribution in [0.2, 0.25) is 0 Å². The highest BCUT2D eigenvalue weighted by Crippen LogP contribution is 2.31. The Hall–Kier alpha value is -0.820. The summed E-state index contributed by atoms with van der Waals surface area (Å²) in [5, 5.41) is 3.49. The summed E-state index contributed by atoms with van der Waals surface area (Å²) in [7, 11) is 2.08. The van der Waals surface area contributed by atoms with Gasteiger partial charge in [0.1, 0.15) is 0 Å². The van der Waals surface area contributed by atoms with Crippen molar-refractivity contribution in [3.63, 3.8) is 0 Å². The fourth-order valence-corrected chi connectivity index (χ4v) is 2.78. The molecular formula is C18H31N. The molecule has 1 aromatic rings. The van der Waals surface area contributed by atoms with E-state index in [0.717, 1.165) is 5.92 Å². The first-order valence-electron chi connectivity index (χ1n) is 7.77. The predicted molar refractivity (Wildman–Crippen MR) is 85.6 cm³/mol. The van der Waals surface area contributed by atoms with Gasteiger partial charge in [-0.25, -0.2) is 0 Å². The molecule has 1 rings (SSSR count). The van der Waals surface area contributed by atoms with E-state index in [1.54, 1.807) is 0 Å². The van der Waals surface area contributed by atoms with Gasteiger partial charge >= 0.3 is 0 Å². The number of rotatable bonds is 7. The van der Waals surface area contributed by atoms with Crippen molar-refractivity contribution < 1.29 is 0 Å². The fourth-order valence-electron chi connectivity index (χ4n) is 2.78. The Balaban J connectivity index is 2.96. The van der Waals surface area contributed by atoms with Crippen LogP contribution in [0.15, 0.2) is 24.3 Å². The van der Waals surface area contributed by atoms with E-state index in [4.69, 9.17) is 0 Å². The van der Waals surface area contributed by atoms with E-state index in [1.165, 1.54) is 30.4 Å². The molecule has 0 aliphatic heterocycles. The lowest BCUT2D eigenvalue weighted by Gasteiger charge is -2.27. The quantitative estimate of drug-likeness (QED) is 0.722. The fraction of sp³-hybridized carbons (Fsp3) is 0.667. The average Bonchev–Trinajstić information content (AvgIpc) is 2.44. The minimum Gasteiger partial charge on any atom is -0.313 e. The lowest BCUT2D eigenvalue weighted by molar-refractivity contribution is 0.359. The molecule has 108 valence electrons. The first-order chi connectivity index (χ1) is 9.00. The van der Waals surface area contributed by atoms with Crippen LogP contribution in [0.25, 0.3) is 0 Å². The van der Waals surface area contributed by atoms with Gasteiger partial charge in [0.2, 0.25) is 0 Å². The molecule has 0 aromatic heterocycles. The van der Waals surface area contributed by atoms with E-state index >= 15 is 0 Å². The molecule has 0 amide bonds. The Labute approximate surface area is 119 Å². The predicted octanol–water partition coefficient (Wildman–Crippen LogP) is 5.07. The van der Waals surface area contributed by atoms with Crippen molar-refractivity contribution in [2.75, 3.05) is 7.05 Å². The van der Waals surface area contributed by atoms with Gasteiger partial charge in [-0.05, 0) is 35.9 Å². The van der Waals surface area contributed by atoms with E-state index in [1.807, 2.05) is 0 Å². The molecule has 1 nitrogen and oxygen atoms in total. The van der Waals surface area contributed by atoms with Crippen LogP contribution >= 0.6 is 0 Å². The van der Waals surface area contributed by atoms with Gasteiger partial charge in [0.05, 0.1) is 0 Å². The number of hydrogen-bond acceptors (Lipinski definition) is 1. The van der Waals surface area contributed by atoms with Gasteiger partial charge in [-0.15, -0.1) is 0 Å². The van der Waals surface area contributed by atoms with E-state index in [-0.39, 0.29) is 5.41 Å². The standard InChI is InChI=1S/C18H31N/c1-7-14(8-2)17(19-6)15-10-12-16(13-11-15)18(4,5)9-3/h10-14,17,19H,7-9H2,1-6H3. The highest BCUT2D eigenvalue weighted by atomic mass is 14.9. The van der Waals surface area contributed by atoms with Gasteiger partial charge in [-0.1, -0.05) is 71.7 Å². The molecule has 0 spiro atoms. The molecule has 0 saturated carbocycles. The molecule has 19 heavy (non-hydrogen) atoms. The zero-order chi connectivity index (χ0) is 14.5. The molecule has 0 aliphatic carbocycles. The van der Waals surface area contributed by atoms with Crippen LogP contribution in [-0.4, -0.2) is 7.05 Å². The first kappa shape index (κ1) is 16.2. The van der Waals surface area contributed by atoms with E-state index in [9.17, 15) is 0 Å². The molecule has 0 saturated heterocycles. The summed E-state index contributed by atoms with van der Waals surface area (Å²) in [4.78, 5) is 0. The van der Waals surface area contributed by atoms with Crippen molar-refractivity contribution in [3.05, 3.63) is 35.4 Å². The van der Waals surface area contributed by atoms with Crippen molar-refractivity contribution in [1.29, 1.82) is 0 Å². The molecule has 0 fully saturated rings. The maximum Gasteiger partial charge on any atom is 0.0345 e. The normalized spacial score (nSPS) is 13.8. The Morgan fingerprint density at radius 3 is 1.89 bits per heavy atom. The third-order valence-corrected chi connectivity index (χ3v) is 4.77. The van der Waals surface area contributed by atoms with Gasteiger partial charge in [-0.3, -0.25) is 0 Å². The summed E-state index contributed by atoms with van der Waals surface area (Å²) in [5.74, 6) is 0.718. The van der Waals surface area contributed by atoms with Crippen molar-refractivity contribution >= 4 is 0 Å². The molecule has 1 aromatic carbocycles. The number of nitrogens with one attached hydrogen (secondary N) is 1. The van der Waals surface area contributed by atoms with Gasteiger partial charge in [-0.2, -0.15) is 0 Å². The van der Waals surface area contributed by atoms with E-state index in [0.29, 0.717) is 6.04 Å². The maximum absolute atomic E-state index is 3.49. The second-order valence-electron chi connectivity index (χ2n) is 6.20. The van der Waals surface area contributed by atoms with Crippen LogP contribution in [0.3, 0.4) is 0 Å². The third kappa shape index (κ3) is 3.82. The lowest BCUT2D eigenvalue weighted by atomic mass is 9.81. The molecular weight excluding hydrogens is 230 g/mol. The van der Waals surface area contributed by atoms with E-state index < -0.39 is 0 Å². The van der Waals surface area contributed by atoms with Gasteiger partial charge in [0.25, 0.3) is 0 Å². The zero-order valence-electron chi connectivity index (χ0n) is 13.6. The molecule has 1 atom stereocenters. The Morgan fingerprint density at radius 1 is 1.00 bits per heavy atom. The monoisotopic (exact) mass is 261 g/mol. The minimum absolute atomic E-state index is 0.280. The highest BCUT2D eigenvalue weighted by Gasteiger charge is 2.21. The molecule has 0 heterocycles. The highest BCUT2D eigenvalue weighted by molar-refractivity contribution is 5.30. The van der Waals surface area contributed by atoms with Gasteiger partial charge < -0.3 is 5.32 Å². The van der Waals surface area contributed by atoms with Crippen LogP contribution < -0.4 is 5.32 Å². The van der Waals surface area contributed by atoms with Crippen molar-refractivity contribution in [3.8, 4) is 0 Å². The number of hydrogen-bond donors (Lipinski definition) is 1. The Bertz CT molecular complexity index is 360.